The van der Waals surface area contributed by atoms with Crippen molar-refractivity contribution in [2.24, 2.45) is 0 Å². The minimum atomic E-state index is -3.28. The van der Waals surface area contributed by atoms with Crippen LogP contribution in [-0.2, 0) is 20.5 Å². The first kappa shape index (κ1) is 27.3. The number of ether oxygens (including phenoxy) is 1. The van der Waals surface area contributed by atoms with Crippen molar-refractivity contribution in [3.05, 3.63) is 35.9 Å². The lowest BCUT2D eigenvalue weighted by molar-refractivity contribution is 0.0156. The predicted molar refractivity (Wildman–Crippen MR) is 134 cm³/mol. The minimum Gasteiger partial charge on any atom is -0.378 e. The van der Waals surface area contributed by atoms with Gasteiger partial charge in [0.05, 0.1) is 11.9 Å². The lowest BCUT2D eigenvalue weighted by atomic mass is 9.93. The molecule has 0 atom stereocenters. The zero-order valence-corrected chi connectivity index (χ0v) is 21.5. The maximum atomic E-state index is 12.8. The summed E-state index contributed by atoms with van der Waals surface area (Å²) in [6.07, 6.45) is 12.8. The molecule has 1 saturated carbocycles. The zero-order valence-electron chi connectivity index (χ0n) is 20.7. The molecule has 2 rings (SSSR count). The second-order valence-corrected chi connectivity index (χ2v) is 11.5. The molecule has 1 aromatic rings. The van der Waals surface area contributed by atoms with E-state index in [1.807, 2.05) is 30.3 Å². The third-order valence-electron chi connectivity index (χ3n) is 6.72. The maximum absolute atomic E-state index is 12.8. The normalized spacial score (nSPS) is 19.7. The van der Waals surface area contributed by atoms with Crippen molar-refractivity contribution in [1.82, 2.24) is 9.21 Å². The van der Waals surface area contributed by atoms with Crippen LogP contribution in [0.25, 0.3) is 0 Å². The number of sulfonamides is 1. The molecule has 1 aliphatic rings. The average molecular weight is 467 g/mol. The summed E-state index contributed by atoms with van der Waals surface area (Å²) in [5, 5.41) is 0. The highest BCUT2D eigenvalue weighted by Gasteiger charge is 2.30. The van der Waals surface area contributed by atoms with Crippen molar-refractivity contribution in [3.63, 3.8) is 0 Å². The molecule has 0 radical (unpaired) electrons. The largest absolute Gasteiger partial charge is 0.378 e. The molecular weight excluding hydrogens is 420 g/mol. The third kappa shape index (κ3) is 10.3. The molecular formula is C26H46N2O3S. The van der Waals surface area contributed by atoms with Crippen molar-refractivity contribution in [3.8, 4) is 0 Å². The van der Waals surface area contributed by atoms with Crippen molar-refractivity contribution in [1.29, 1.82) is 0 Å². The first-order valence-electron chi connectivity index (χ1n) is 12.7. The Morgan fingerprint density at radius 1 is 0.875 bits per heavy atom. The van der Waals surface area contributed by atoms with E-state index in [2.05, 4.69) is 18.9 Å². The second kappa shape index (κ2) is 15.0. The molecule has 0 amide bonds. The Hall–Kier alpha value is -0.950. The summed E-state index contributed by atoms with van der Waals surface area (Å²) in [6, 6.07) is 9.54. The van der Waals surface area contributed by atoms with Gasteiger partial charge in [-0.3, -0.25) is 0 Å². The van der Waals surface area contributed by atoms with Gasteiger partial charge in [0.15, 0.2) is 0 Å². The van der Waals surface area contributed by atoms with Crippen molar-refractivity contribution < 1.29 is 13.2 Å². The Balaban J connectivity index is 1.54. The molecule has 5 nitrogen and oxygen atoms in total. The highest BCUT2D eigenvalue weighted by Crippen LogP contribution is 2.27. The lowest BCUT2D eigenvalue weighted by Crippen LogP contribution is -2.41. The Morgan fingerprint density at radius 2 is 1.50 bits per heavy atom. The van der Waals surface area contributed by atoms with Crippen LogP contribution in [0.4, 0.5) is 0 Å². The first-order chi connectivity index (χ1) is 15.4. The number of nitrogens with zero attached hydrogens (tertiary/aromatic N) is 2. The fraction of sp³-hybridized carbons (Fsp3) is 0.769. The monoisotopic (exact) mass is 466 g/mol. The van der Waals surface area contributed by atoms with Gasteiger partial charge in [-0.05, 0) is 70.6 Å². The Kier molecular flexibility index (Phi) is 12.8. The molecule has 1 fully saturated rings. The summed E-state index contributed by atoms with van der Waals surface area (Å²) in [7, 11) is 0.693. The maximum Gasteiger partial charge on any atom is 0.218 e. The number of hydrogen-bond acceptors (Lipinski definition) is 4. The summed E-state index contributed by atoms with van der Waals surface area (Å²) in [4.78, 5) is 2.46. The Labute approximate surface area is 197 Å². The van der Waals surface area contributed by atoms with Gasteiger partial charge >= 0.3 is 0 Å². The number of rotatable bonds is 16. The van der Waals surface area contributed by atoms with E-state index in [0.29, 0.717) is 6.10 Å². The van der Waals surface area contributed by atoms with Crippen LogP contribution < -0.4 is 0 Å². The minimum absolute atomic E-state index is 0.0787. The molecule has 0 spiro atoms. The van der Waals surface area contributed by atoms with Gasteiger partial charge in [-0.2, -0.15) is 0 Å². The van der Waals surface area contributed by atoms with Crippen LogP contribution in [0, 0.1) is 0 Å². The summed E-state index contributed by atoms with van der Waals surface area (Å²) < 4.78 is 33.3. The molecule has 184 valence electrons. The molecule has 1 aromatic carbocycles. The second-order valence-electron chi connectivity index (χ2n) is 9.48. The van der Waals surface area contributed by atoms with E-state index in [-0.39, 0.29) is 11.8 Å². The van der Waals surface area contributed by atoms with Crippen LogP contribution in [0.2, 0.25) is 0 Å². The van der Waals surface area contributed by atoms with Gasteiger partial charge in [-0.25, -0.2) is 12.7 Å². The lowest BCUT2D eigenvalue weighted by Gasteiger charge is -2.34. The molecule has 32 heavy (non-hydrogen) atoms. The van der Waals surface area contributed by atoms with Gasteiger partial charge in [-0.1, -0.05) is 62.9 Å². The van der Waals surface area contributed by atoms with E-state index in [1.54, 1.807) is 11.4 Å². The van der Waals surface area contributed by atoms with E-state index in [4.69, 9.17) is 4.74 Å². The van der Waals surface area contributed by atoms with E-state index in [1.165, 1.54) is 51.6 Å². The molecule has 1 aliphatic carbocycles. The molecule has 0 N–H and O–H groups in total. The molecule has 6 heteroatoms. The number of benzene rings is 1. The van der Waals surface area contributed by atoms with Crippen LogP contribution in [0.15, 0.2) is 30.3 Å². The number of hydrogen-bond donors (Lipinski definition) is 0. The van der Waals surface area contributed by atoms with Gasteiger partial charge in [-0.15, -0.1) is 0 Å². The zero-order chi connectivity index (χ0) is 23.2. The highest BCUT2D eigenvalue weighted by molar-refractivity contribution is 7.88. The van der Waals surface area contributed by atoms with E-state index in [0.717, 1.165) is 44.3 Å². The Morgan fingerprint density at radius 3 is 2.16 bits per heavy atom. The quantitative estimate of drug-likeness (QED) is 0.304. The Bertz CT molecular complexity index is 703. The van der Waals surface area contributed by atoms with E-state index >= 15 is 0 Å². The van der Waals surface area contributed by atoms with Crippen molar-refractivity contribution in [2.45, 2.75) is 95.5 Å². The van der Waals surface area contributed by atoms with Crippen LogP contribution >= 0.6 is 0 Å². The standard InChI is InChI=1S/C26H46N2O3S/c1-4-5-11-20-27(2)21-12-6-7-13-22-31-26-18-16-25(17-19-26)28(3)32(29,30)23-24-14-9-8-10-15-24/h8-10,14-15,25-26H,4-7,11-13,16-23H2,1-3H3. The SMILES string of the molecule is CCCCCN(C)CCCCCCOC1CCC(N(C)S(=O)(=O)Cc2ccccc2)CC1. The van der Waals surface area contributed by atoms with Gasteiger partial charge in [0.25, 0.3) is 0 Å². The van der Waals surface area contributed by atoms with Crippen molar-refractivity contribution in [2.75, 3.05) is 33.8 Å². The third-order valence-corrected chi connectivity index (χ3v) is 8.59. The molecule has 0 unspecified atom stereocenters. The molecule has 0 bridgehead atoms. The fourth-order valence-electron chi connectivity index (χ4n) is 4.52. The average Bonchev–Trinajstić information content (AvgIpc) is 2.79. The van der Waals surface area contributed by atoms with Crippen LogP contribution in [0.3, 0.4) is 0 Å². The highest BCUT2D eigenvalue weighted by atomic mass is 32.2. The molecule has 0 aromatic heterocycles. The smallest absolute Gasteiger partial charge is 0.218 e. The predicted octanol–water partition coefficient (Wildman–Crippen LogP) is 5.46. The topological polar surface area (TPSA) is 49.9 Å². The molecule has 0 heterocycles. The van der Waals surface area contributed by atoms with E-state index < -0.39 is 10.0 Å². The van der Waals surface area contributed by atoms with Crippen LogP contribution in [-0.4, -0.2) is 63.6 Å². The summed E-state index contributed by atoms with van der Waals surface area (Å²) >= 11 is 0. The van der Waals surface area contributed by atoms with Crippen LogP contribution in [0.1, 0.15) is 83.1 Å². The van der Waals surface area contributed by atoms with Gasteiger partial charge in [0.2, 0.25) is 10.0 Å². The van der Waals surface area contributed by atoms with Crippen molar-refractivity contribution >= 4 is 10.0 Å². The summed E-state index contributed by atoms with van der Waals surface area (Å²) in [5.41, 5.74) is 0.847. The molecule has 0 saturated heterocycles. The van der Waals surface area contributed by atoms with Gasteiger partial charge in [0.1, 0.15) is 0 Å². The summed E-state index contributed by atoms with van der Waals surface area (Å²) in [5.74, 6) is 0.0787. The number of unbranched alkanes of at least 4 members (excludes halogenated alkanes) is 5. The first-order valence-corrected chi connectivity index (χ1v) is 14.3. The van der Waals surface area contributed by atoms with Crippen LogP contribution in [0.5, 0.6) is 0 Å². The molecule has 0 aliphatic heterocycles. The summed E-state index contributed by atoms with van der Waals surface area (Å²) in [6.45, 7) is 5.52. The fourth-order valence-corrected chi connectivity index (χ4v) is 6.00. The van der Waals surface area contributed by atoms with Gasteiger partial charge in [0, 0.05) is 19.7 Å². The van der Waals surface area contributed by atoms with E-state index in [9.17, 15) is 8.42 Å². The van der Waals surface area contributed by atoms with Gasteiger partial charge < -0.3 is 9.64 Å².